The van der Waals surface area contributed by atoms with Crippen molar-refractivity contribution in [2.45, 2.75) is 5.16 Å². The number of imidazole rings is 1. The maximum atomic E-state index is 11.5. The molecule has 0 spiro atoms. The van der Waals surface area contributed by atoms with Gasteiger partial charge in [-0.05, 0) is 0 Å². The summed E-state index contributed by atoms with van der Waals surface area (Å²) >= 11 is 1.16. The third-order valence-electron chi connectivity index (χ3n) is 2.58. The Labute approximate surface area is 125 Å². The van der Waals surface area contributed by atoms with Gasteiger partial charge in [0.15, 0.2) is 5.16 Å². The van der Waals surface area contributed by atoms with Gasteiger partial charge in [0.2, 0.25) is 5.91 Å². The van der Waals surface area contributed by atoms with Crippen molar-refractivity contribution in [2.24, 2.45) is 0 Å². The molecule has 7 nitrogen and oxygen atoms in total. The van der Waals surface area contributed by atoms with Crippen LogP contribution in [0.15, 0.2) is 41.7 Å². The zero-order chi connectivity index (χ0) is 15.2. The zero-order valence-corrected chi connectivity index (χ0v) is 12.2. The van der Waals surface area contributed by atoms with Crippen LogP contribution in [0.5, 0.6) is 0 Å². The molecule has 0 saturated heterocycles. The first-order valence-electron chi connectivity index (χ1n) is 6.14. The number of nitrogens with zero attached hydrogens (tertiary/aromatic N) is 2. The highest BCUT2D eigenvalue weighted by Gasteiger charge is 2.12. The van der Waals surface area contributed by atoms with E-state index in [4.69, 9.17) is 5.84 Å². The summed E-state index contributed by atoms with van der Waals surface area (Å²) in [4.78, 5) is 26.9. The average Bonchev–Trinajstić information content (AvgIpc) is 2.87. The first kappa shape index (κ1) is 14.9. The summed E-state index contributed by atoms with van der Waals surface area (Å²) in [6.45, 7) is 0. The van der Waals surface area contributed by atoms with Crippen molar-refractivity contribution >= 4 is 23.7 Å². The average molecular weight is 305 g/mol. The molecule has 0 fully saturated rings. The summed E-state index contributed by atoms with van der Waals surface area (Å²) in [6, 6.07) is 9.05. The number of amides is 3. The zero-order valence-electron chi connectivity index (χ0n) is 11.4. The van der Waals surface area contributed by atoms with Crippen LogP contribution in [-0.2, 0) is 4.79 Å². The molecular formula is C13H15N5O2S. The predicted octanol–water partition coefficient (Wildman–Crippen LogP) is 0.812. The first-order valence-corrected chi connectivity index (χ1v) is 7.13. The van der Waals surface area contributed by atoms with Crippen LogP contribution in [0.2, 0.25) is 0 Å². The van der Waals surface area contributed by atoms with Crippen molar-refractivity contribution in [1.29, 1.82) is 0 Å². The lowest BCUT2D eigenvalue weighted by atomic mass is 10.2. The van der Waals surface area contributed by atoms with Gasteiger partial charge in [0, 0.05) is 12.6 Å². The van der Waals surface area contributed by atoms with Gasteiger partial charge in [0.1, 0.15) is 0 Å². The Morgan fingerprint density at radius 2 is 2.05 bits per heavy atom. The molecule has 0 aliphatic heterocycles. The lowest BCUT2D eigenvalue weighted by Crippen LogP contribution is -2.38. The van der Waals surface area contributed by atoms with E-state index in [0.29, 0.717) is 5.16 Å². The van der Waals surface area contributed by atoms with Gasteiger partial charge in [-0.1, -0.05) is 42.1 Å². The van der Waals surface area contributed by atoms with Gasteiger partial charge < -0.3 is 11.2 Å². The Balaban J connectivity index is 2.00. The van der Waals surface area contributed by atoms with E-state index in [9.17, 15) is 9.59 Å². The normalized spacial score (nSPS) is 10.1. The smallest absolute Gasteiger partial charge is 0.321 e. The molecule has 3 amide bonds. The molecule has 2 aromatic rings. The van der Waals surface area contributed by atoms with E-state index in [-0.39, 0.29) is 5.75 Å². The number of thioether (sulfide) groups is 1. The standard InChI is InChI=1S/C13H15N5O2S/c1-15-12(20)17-11(19)8-21-13-16-10(7-18(13)14)9-5-3-2-4-6-9/h2-7H,8,14H2,1H3,(H2,15,17,19,20). The van der Waals surface area contributed by atoms with Gasteiger partial charge in [0.05, 0.1) is 17.6 Å². The highest BCUT2D eigenvalue weighted by atomic mass is 32.2. The fourth-order valence-electron chi connectivity index (χ4n) is 1.59. The summed E-state index contributed by atoms with van der Waals surface area (Å²) in [5.74, 6) is 5.45. The minimum atomic E-state index is -0.540. The van der Waals surface area contributed by atoms with Gasteiger partial charge in [-0.3, -0.25) is 10.1 Å². The molecule has 1 aromatic heterocycles. The number of nitrogens with one attached hydrogen (secondary N) is 2. The van der Waals surface area contributed by atoms with Gasteiger partial charge in [0.25, 0.3) is 0 Å². The molecule has 4 N–H and O–H groups in total. The largest absolute Gasteiger partial charge is 0.341 e. The molecule has 0 unspecified atom stereocenters. The van der Waals surface area contributed by atoms with E-state index in [1.54, 1.807) is 6.20 Å². The minimum absolute atomic E-state index is 0.0515. The highest BCUT2D eigenvalue weighted by molar-refractivity contribution is 7.99. The number of carbonyl (C=O) groups is 2. The van der Waals surface area contributed by atoms with Crippen LogP contribution in [0.3, 0.4) is 0 Å². The molecule has 2 rings (SSSR count). The van der Waals surface area contributed by atoms with Crippen molar-refractivity contribution in [3.8, 4) is 11.3 Å². The van der Waals surface area contributed by atoms with Crippen molar-refractivity contribution < 1.29 is 9.59 Å². The number of imide groups is 1. The fourth-order valence-corrected chi connectivity index (χ4v) is 2.28. The monoisotopic (exact) mass is 305 g/mol. The van der Waals surface area contributed by atoms with E-state index in [1.807, 2.05) is 30.3 Å². The topological polar surface area (TPSA) is 102 Å². The van der Waals surface area contributed by atoms with E-state index in [1.165, 1.54) is 11.7 Å². The number of hydrogen-bond donors (Lipinski definition) is 3. The number of rotatable bonds is 4. The van der Waals surface area contributed by atoms with Crippen molar-refractivity contribution in [3.05, 3.63) is 36.5 Å². The lowest BCUT2D eigenvalue weighted by Gasteiger charge is -2.02. The second-order valence-corrected chi connectivity index (χ2v) is 5.04. The first-order chi connectivity index (χ1) is 10.1. The second kappa shape index (κ2) is 6.80. The maximum absolute atomic E-state index is 11.5. The Hall–Kier alpha value is -2.48. The van der Waals surface area contributed by atoms with Crippen LogP contribution in [0.25, 0.3) is 11.3 Å². The number of hydrogen-bond acceptors (Lipinski definition) is 5. The number of benzene rings is 1. The van der Waals surface area contributed by atoms with Crippen LogP contribution in [0.4, 0.5) is 4.79 Å². The lowest BCUT2D eigenvalue weighted by molar-refractivity contribution is -0.117. The molecule has 1 aromatic carbocycles. The number of nitrogen functional groups attached to an aromatic ring is 1. The molecule has 1 heterocycles. The number of urea groups is 1. The third-order valence-corrected chi connectivity index (χ3v) is 3.55. The van der Waals surface area contributed by atoms with Crippen molar-refractivity contribution in [1.82, 2.24) is 20.3 Å². The molecule has 8 heteroatoms. The van der Waals surface area contributed by atoms with Crippen LogP contribution in [0, 0.1) is 0 Å². The Kier molecular flexibility index (Phi) is 4.83. The van der Waals surface area contributed by atoms with E-state index in [2.05, 4.69) is 15.6 Å². The minimum Gasteiger partial charge on any atom is -0.341 e. The quantitative estimate of drug-likeness (QED) is 0.573. The fraction of sp³-hybridized carbons (Fsp3) is 0.154. The molecule has 0 aliphatic rings. The predicted molar refractivity (Wildman–Crippen MR) is 81.1 cm³/mol. The Morgan fingerprint density at radius 1 is 1.33 bits per heavy atom. The summed E-state index contributed by atoms with van der Waals surface area (Å²) in [7, 11) is 1.44. The van der Waals surface area contributed by atoms with Gasteiger partial charge in [-0.15, -0.1) is 0 Å². The molecular weight excluding hydrogens is 290 g/mol. The maximum Gasteiger partial charge on any atom is 0.321 e. The number of carbonyl (C=O) groups excluding carboxylic acids is 2. The molecule has 0 atom stereocenters. The summed E-state index contributed by atoms with van der Waals surface area (Å²) < 4.78 is 1.36. The third kappa shape index (κ3) is 3.99. The molecule has 0 bridgehead atoms. The van der Waals surface area contributed by atoms with Crippen molar-refractivity contribution in [3.63, 3.8) is 0 Å². The molecule has 110 valence electrons. The van der Waals surface area contributed by atoms with E-state index in [0.717, 1.165) is 23.0 Å². The van der Waals surface area contributed by atoms with Gasteiger partial charge >= 0.3 is 6.03 Å². The van der Waals surface area contributed by atoms with Crippen LogP contribution >= 0.6 is 11.8 Å². The van der Waals surface area contributed by atoms with Crippen LogP contribution in [0.1, 0.15) is 0 Å². The summed E-state index contributed by atoms with van der Waals surface area (Å²) in [5.41, 5.74) is 1.67. The molecule has 0 aliphatic carbocycles. The van der Waals surface area contributed by atoms with E-state index >= 15 is 0 Å². The van der Waals surface area contributed by atoms with Crippen LogP contribution < -0.4 is 16.5 Å². The Bertz CT molecular complexity index is 641. The Morgan fingerprint density at radius 3 is 2.71 bits per heavy atom. The number of nitrogens with two attached hydrogens (primary N) is 1. The highest BCUT2D eigenvalue weighted by Crippen LogP contribution is 2.22. The summed E-state index contributed by atoms with van der Waals surface area (Å²) in [5, 5.41) is 4.98. The van der Waals surface area contributed by atoms with Crippen LogP contribution in [-0.4, -0.2) is 34.4 Å². The van der Waals surface area contributed by atoms with Crippen molar-refractivity contribution in [2.75, 3.05) is 18.6 Å². The van der Waals surface area contributed by atoms with Gasteiger partial charge in [-0.2, -0.15) is 0 Å². The van der Waals surface area contributed by atoms with Gasteiger partial charge in [-0.25, -0.2) is 14.5 Å². The number of aromatic nitrogens is 2. The SMILES string of the molecule is CNC(=O)NC(=O)CSc1nc(-c2ccccc2)cn1N. The van der Waals surface area contributed by atoms with E-state index < -0.39 is 11.9 Å². The second-order valence-electron chi connectivity index (χ2n) is 4.10. The molecule has 0 radical (unpaired) electrons. The molecule has 21 heavy (non-hydrogen) atoms. The molecule has 0 saturated carbocycles. The summed E-state index contributed by atoms with van der Waals surface area (Å²) in [6.07, 6.45) is 1.69.